The molecule has 6 heteroatoms. The van der Waals surface area contributed by atoms with Crippen LogP contribution in [0.5, 0.6) is 0 Å². The van der Waals surface area contributed by atoms with Gasteiger partial charge in [0.25, 0.3) is 0 Å². The van der Waals surface area contributed by atoms with Gasteiger partial charge in [0.1, 0.15) is 0 Å². The van der Waals surface area contributed by atoms with Gasteiger partial charge in [0.05, 0.1) is 5.25 Å². The number of carbonyl (C=O) groups excluding carboxylic acids is 2. The highest BCUT2D eigenvalue weighted by molar-refractivity contribution is 8.00. The number of carbonyl (C=O) groups is 2. The fraction of sp³-hybridized carbons (Fsp3) is 0.263. The van der Waals surface area contributed by atoms with E-state index in [-0.39, 0.29) is 17.1 Å². The number of hydrogen-bond acceptors (Lipinski definition) is 3. The van der Waals surface area contributed by atoms with Crippen molar-refractivity contribution in [2.75, 3.05) is 16.8 Å². The SMILES string of the molecule is CC(Sc1ccc(Cl)cc1)C(=O)Nc1ccc(N2CCCC2=O)cc1. The molecule has 1 saturated heterocycles. The zero-order valence-electron chi connectivity index (χ0n) is 13.9. The van der Waals surface area contributed by atoms with Crippen molar-refractivity contribution < 1.29 is 9.59 Å². The van der Waals surface area contributed by atoms with Crippen LogP contribution in [-0.2, 0) is 9.59 Å². The van der Waals surface area contributed by atoms with Crippen molar-refractivity contribution in [1.82, 2.24) is 0 Å². The minimum absolute atomic E-state index is 0.0649. The van der Waals surface area contributed by atoms with Crippen molar-refractivity contribution in [3.63, 3.8) is 0 Å². The second kappa shape index (κ2) is 7.93. The first-order chi connectivity index (χ1) is 12.0. The Bertz CT molecular complexity index is 762. The molecule has 0 aromatic heterocycles. The minimum Gasteiger partial charge on any atom is -0.325 e. The lowest BCUT2D eigenvalue weighted by Crippen LogP contribution is -2.24. The van der Waals surface area contributed by atoms with Crippen molar-refractivity contribution in [2.24, 2.45) is 0 Å². The third-order valence-electron chi connectivity index (χ3n) is 4.02. The summed E-state index contributed by atoms with van der Waals surface area (Å²) in [5.41, 5.74) is 1.60. The summed E-state index contributed by atoms with van der Waals surface area (Å²) in [4.78, 5) is 26.9. The molecule has 2 amide bonds. The first-order valence-electron chi connectivity index (χ1n) is 8.16. The number of rotatable bonds is 5. The Morgan fingerprint density at radius 2 is 1.84 bits per heavy atom. The molecular formula is C19H19ClN2O2S. The molecule has 0 aliphatic carbocycles. The molecule has 1 unspecified atom stereocenters. The van der Waals surface area contributed by atoms with Gasteiger partial charge < -0.3 is 10.2 Å². The summed E-state index contributed by atoms with van der Waals surface area (Å²) < 4.78 is 0. The standard InChI is InChI=1S/C19H19ClN2O2S/c1-13(25-17-10-4-14(20)5-11-17)19(24)21-15-6-8-16(9-7-15)22-12-2-3-18(22)23/h4-11,13H,2-3,12H2,1H3,(H,21,24). The maximum absolute atomic E-state index is 12.4. The Kier molecular flexibility index (Phi) is 5.66. The molecule has 4 nitrogen and oxygen atoms in total. The Balaban J connectivity index is 1.58. The number of hydrogen-bond donors (Lipinski definition) is 1. The van der Waals surface area contributed by atoms with Gasteiger partial charge in [-0.15, -0.1) is 11.8 Å². The fourth-order valence-electron chi connectivity index (χ4n) is 2.66. The molecule has 1 fully saturated rings. The Hall–Kier alpha value is -1.98. The lowest BCUT2D eigenvalue weighted by Gasteiger charge is -2.16. The van der Waals surface area contributed by atoms with Gasteiger partial charge >= 0.3 is 0 Å². The molecule has 1 N–H and O–H groups in total. The second-order valence-electron chi connectivity index (χ2n) is 5.90. The molecule has 0 saturated carbocycles. The summed E-state index contributed by atoms with van der Waals surface area (Å²) >= 11 is 7.35. The largest absolute Gasteiger partial charge is 0.325 e. The van der Waals surface area contributed by atoms with E-state index < -0.39 is 0 Å². The lowest BCUT2D eigenvalue weighted by molar-refractivity contribution is -0.117. The highest BCUT2D eigenvalue weighted by Gasteiger charge is 2.21. The predicted octanol–water partition coefficient (Wildman–Crippen LogP) is 4.59. The molecule has 1 heterocycles. The highest BCUT2D eigenvalue weighted by Crippen LogP contribution is 2.26. The number of thioether (sulfide) groups is 1. The van der Waals surface area contributed by atoms with Gasteiger partial charge in [-0.1, -0.05) is 11.6 Å². The number of halogens is 1. The van der Waals surface area contributed by atoms with Gasteiger partial charge in [-0.05, 0) is 61.9 Å². The molecule has 1 atom stereocenters. The molecule has 1 aliphatic heterocycles. The molecular weight excluding hydrogens is 356 g/mol. The van der Waals surface area contributed by atoms with Crippen LogP contribution in [0.25, 0.3) is 0 Å². The average molecular weight is 375 g/mol. The van der Waals surface area contributed by atoms with Crippen molar-refractivity contribution in [1.29, 1.82) is 0 Å². The zero-order chi connectivity index (χ0) is 17.8. The molecule has 25 heavy (non-hydrogen) atoms. The Labute approximate surface area is 156 Å². The van der Waals surface area contributed by atoms with Crippen LogP contribution in [0.2, 0.25) is 5.02 Å². The quantitative estimate of drug-likeness (QED) is 0.779. The van der Waals surface area contributed by atoms with Gasteiger partial charge in [-0.2, -0.15) is 0 Å². The van der Waals surface area contributed by atoms with Crippen LogP contribution in [0.3, 0.4) is 0 Å². The number of amides is 2. The van der Waals surface area contributed by atoms with Crippen LogP contribution in [0.15, 0.2) is 53.4 Å². The predicted molar refractivity (Wildman–Crippen MR) is 103 cm³/mol. The van der Waals surface area contributed by atoms with E-state index in [0.717, 1.165) is 29.2 Å². The van der Waals surface area contributed by atoms with E-state index in [1.165, 1.54) is 11.8 Å². The summed E-state index contributed by atoms with van der Waals surface area (Å²) in [6.45, 7) is 2.63. The summed E-state index contributed by atoms with van der Waals surface area (Å²) in [6, 6.07) is 14.8. The monoisotopic (exact) mass is 374 g/mol. The van der Waals surface area contributed by atoms with E-state index in [1.54, 1.807) is 4.90 Å². The van der Waals surface area contributed by atoms with Gasteiger partial charge in [-0.25, -0.2) is 0 Å². The molecule has 0 bridgehead atoms. The zero-order valence-corrected chi connectivity index (χ0v) is 15.4. The van der Waals surface area contributed by atoms with E-state index >= 15 is 0 Å². The smallest absolute Gasteiger partial charge is 0.237 e. The topological polar surface area (TPSA) is 49.4 Å². The minimum atomic E-state index is -0.235. The molecule has 0 radical (unpaired) electrons. The van der Waals surface area contributed by atoms with E-state index in [2.05, 4.69) is 5.32 Å². The molecule has 1 aliphatic rings. The van der Waals surface area contributed by atoms with Gasteiger partial charge in [0, 0.05) is 34.3 Å². The Morgan fingerprint density at radius 1 is 1.16 bits per heavy atom. The van der Waals surface area contributed by atoms with Gasteiger partial charge in [0.15, 0.2) is 0 Å². The average Bonchev–Trinajstić information content (AvgIpc) is 3.03. The van der Waals surface area contributed by atoms with E-state index in [9.17, 15) is 9.59 Å². The summed E-state index contributed by atoms with van der Waals surface area (Å²) in [5, 5.41) is 3.36. The second-order valence-corrected chi connectivity index (χ2v) is 7.75. The van der Waals surface area contributed by atoms with Crippen LogP contribution in [0.1, 0.15) is 19.8 Å². The van der Waals surface area contributed by atoms with E-state index in [1.807, 2.05) is 55.5 Å². The van der Waals surface area contributed by atoms with Crippen LogP contribution in [-0.4, -0.2) is 23.6 Å². The van der Waals surface area contributed by atoms with Crippen LogP contribution in [0, 0.1) is 0 Å². The van der Waals surface area contributed by atoms with Crippen molar-refractivity contribution in [2.45, 2.75) is 29.9 Å². The number of benzene rings is 2. The van der Waals surface area contributed by atoms with Crippen LogP contribution < -0.4 is 10.2 Å². The summed E-state index contributed by atoms with van der Waals surface area (Å²) in [6.07, 6.45) is 1.51. The van der Waals surface area contributed by atoms with E-state index in [4.69, 9.17) is 11.6 Å². The maximum atomic E-state index is 12.4. The van der Waals surface area contributed by atoms with Gasteiger partial charge in [-0.3, -0.25) is 9.59 Å². The molecule has 0 spiro atoms. The number of nitrogens with one attached hydrogen (secondary N) is 1. The highest BCUT2D eigenvalue weighted by atomic mass is 35.5. The third kappa shape index (κ3) is 4.55. The molecule has 2 aromatic rings. The van der Waals surface area contributed by atoms with Crippen LogP contribution in [0.4, 0.5) is 11.4 Å². The summed E-state index contributed by atoms with van der Waals surface area (Å²) in [5.74, 6) is 0.0923. The first kappa shape index (κ1) is 17.8. The fourth-order valence-corrected chi connectivity index (χ4v) is 3.65. The van der Waals surface area contributed by atoms with Crippen LogP contribution >= 0.6 is 23.4 Å². The first-order valence-corrected chi connectivity index (χ1v) is 9.42. The molecule has 3 rings (SSSR count). The lowest BCUT2D eigenvalue weighted by atomic mass is 10.2. The van der Waals surface area contributed by atoms with E-state index in [0.29, 0.717) is 11.4 Å². The number of nitrogens with zero attached hydrogens (tertiary/aromatic N) is 1. The normalized spacial score (nSPS) is 15.3. The maximum Gasteiger partial charge on any atom is 0.237 e. The summed E-state index contributed by atoms with van der Waals surface area (Å²) in [7, 11) is 0. The third-order valence-corrected chi connectivity index (χ3v) is 5.38. The Morgan fingerprint density at radius 3 is 2.44 bits per heavy atom. The molecule has 130 valence electrons. The van der Waals surface area contributed by atoms with Gasteiger partial charge in [0.2, 0.25) is 11.8 Å². The van der Waals surface area contributed by atoms with Crippen molar-refractivity contribution >= 4 is 46.6 Å². The number of anilines is 2. The van der Waals surface area contributed by atoms with Crippen molar-refractivity contribution in [3.05, 3.63) is 53.6 Å². The molecule has 2 aromatic carbocycles. The van der Waals surface area contributed by atoms with Crippen molar-refractivity contribution in [3.8, 4) is 0 Å².